The lowest BCUT2D eigenvalue weighted by Crippen LogP contribution is -2.12. The van der Waals surface area contributed by atoms with Crippen molar-refractivity contribution in [2.75, 3.05) is 0 Å². The fourth-order valence-electron chi connectivity index (χ4n) is 1.64. The van der Waals surface area contributed by atoms with Gasteiger partial charge in [0.2, 0.25) is 0 Å². The molecule has 0 amide bonds. The molecule has 1 aliphatic rings. The van der Waals surface area contributed by atoms with Crippen LogP contribution < -0.4 is 0 Å². The van der Waals surface area contributed by atoms with Crippen molar-refractivity contribution in [1.29, 1.82) is 0 Å². The molecule has 0 bridgehead atoms. The fraction of sp³-hybridized carbons (Fsp3) is 0.300. The maximum absolute atomic E-state index is 11.1. The average molecular weight is 162 g/mol. The SMILES string of the molecule is O=C1CCc2c(O)cccc2C1. The molecule has 0 saturated carbocycles. The van der Waals surface area contributed by atoms with E-state index in [4.69, 9.17) is 0 Å². The van der Waals surface area contributed by atoms with Crippen LogP contribution in [0.1, 0.15) is 17.5 Å². The number of ketones is 1. The Morgan fingerprint density at radius 3 is 2.92 bits per heavy atom. The normalized spacial score (nSPS) is 15.8. The van der Waals surface area contributed by atoms with Crippen LogP contribution in [0, 0.1) is 0 Å². The molecule has 1 aliphatic carbocycles. The van der Waals surface area contributed by atoms with Gasteiger partial charge in [0, 0.05) is 12.8 Å². The zero-order valence-electron chi connectivity index (χ0n) is 6.71. The standard InChI is InChI=1S/C10H10O2/c11-8-4-5-9-7(6-8)2-1-3-10(9)12/h1-3,12H,4-6H2. The molecule has 0 atom stereocenters. The maximum Gasteiger partial charge on any atom is 0.137 e. The molecule has 2 heteroatoms. The van der Waals surface area contributed by atoms with Crippen LogP contribution in [0.3, 0.4) is 0 Å². The van der Waals surface area contributed by atoms with Crippen molar-refractivity contribution < 1.29 is 9.90 Å². The van der Waals surface area contributed by atoms with Crippen molar-refractivity contribution in [3.05, 3.63) is 29.3 Å². The van der Waals surface area contributed by atoms with Gasteiger partial charge in [-0.2, -0.15) is 0 Å². The van der Waals surface area contributed by atoms with E-state index >= 15 is 0 Å². The van der Waals surface area contributed by atoms with Gasteiger partial charge in [0.25, 0.3) is 0 Å². The van der Waals surface area contributed by atoms with Gasteiger partial charge in [0.05, 0.1) is 0 Å². The van der Waals surface area contributed by atoms with Gasteiger partial charge in [-0.1, -0.05) is 12.1 Å². The molecular weight excluding hydrogens is 152 g/mol. The highest BCUT2D eigenvalue weighted by Crippen LogP contribution is 2.26. The second-order valence-corrected chi connectivity index (χ2v) is 3.13. The summed E-state index contributed by atoms with van der Waals surface area (Å²) < 4.78 is 0. The summed E-state index contributed by atoms with van der Waals surface area (Å²) in [6, 6.07) is 5.37. The third kappa shape index (κ3) is 1.09. The number of aromatic hydroxyl groups is 1. The molecule has 1 N–H and O–H groups in total. The van der Waals surface area contributed by atoms with Crippen molar-refractivity contribution in [2.45, 2.75) is 19.3 Å². The topological polar surface area (TPSA) is 37.3 Å². The predicted octanol–water partition coefficient (Wildman–Crippen LogP) is 1.45. The van der Waals surface area contributed by atoms with Crippen LogP contribution in [-0.4, -0.2) is 10.9 Å². The van der Waals surface area contributed by atoms with Crippen LogP contribution in [0.4, 0.5) is 0 Å². The van der Waals surface area contributed by atoms with Gasteiger partial charge in [-0.15, -0.1) is 0 Å². The molecule has 1 aromatic carbocycles. The first-order chi connectivity index (χ1) is 5.77. The largest absolute Gasteiger partial charge is 0.508 e. The molecule has 0 radical (unpaired) electrons. The number of carbonyl (C=O) groups is 1. The predicted molar refractivity (Wildman–Crippen MR) is 45.1 cm³/mol. The zero-order valence-corrected chi connectivity index (χ0v) is 6.71. The monoisotopic (exact) mass is 162 g/mol. The Labute approximate surface area is 70.8 Å². The van der Waals surface area contributed by atoms with E-state index in [1.54, 1.807) is 12.1 Å². The molecule has 0 saturated heterocycles. The van der Waals surface area contributed by atoms with Crippen molar-refractivity contribution in [2.24, 2.45) is 0 Å². The van der Waals surface area contributed by atoms with E-state index < -0.39 is 0 Å². The molecule has 0 aromatic heterocycles. The summed E-state index contributed by atoms with van der Waals surface area (Å²) in [6.07, 6.45) is 1.76. The highest BCUT2D eigenvalue weighted by molar-refractivity contribution is 5.83. The first kappa shape index (κ1) is 7.35. The smallest absolute Gasteiger partial charge is 0.137 e. The van der Waals surface area contributed by atoms with Crippen LogP contribution in [0.15, 0.2) is 18.2 Å². The van der Waals surface area contributed by atoms with E-state index in [2.05, 4.69) is 0 Å². The number of hydrogen-bond donors (Lipinski definition) is 1. The number of Topliss-reactive ketones (excluding diaryl/α,β-unsaturated/α-hetero) is 1. The summed E-state index contributed by atoms with van der Waals surface area (Å²) >= 11 is 0. The Morgan fingerprint density at radius 1 is 1.25 bits per heavy atom. The Hall–Kier alpha value is -1.31. The quantitative estimate of drug-likeness (QED) is 0.627. The van der Waals surface area contributed by atoms with Crippen molar-refractivity contribution >= 4 is 5.78 Å². The molecule has 2 nitrogen and oxygen atoms in total. The van der Waals surface area contributed by atoms with Crippen molar-refractivity contribution in [1.82, 2.24) is 0 Å². The number of rotatable bonds is 0. The lowest BCUT2D eigenvalue weighted by Gasteiger charge is -2.15. The van der Waals surface area contributed by atoms with Gasteiger partial charge in [0.15, 0.2) is 0 Å². The summed E-state index contributed by atoms with van der Waals surface area (Å²) in [6.45, 7) is 0. The average Bonchev–Trinajstić information content (AvgIpc) is 2.04. The minimum atomic E-state index is 0.271. The highest BCUT2D eigenvalue weighted by Gasteiger charge is 2.17. The van der Waals surface area contributed by atoms with Gasteiger partial charge in [-0.05, 0) is 23.6 Å². The fourth-order valence-corrected chi connectivity index (χ4v) is 1.64. The molecule has 0 spiro atoms. The van der Waals surface area contributed by atoms with Crippen molar-refractivity contribution in [3.63, 3.8) is 0 Å². The van der Waals surface area contributed by atoms with Gasteiger partial charge in [-0.25, -0.2) is 0 Å². The Kier molecular flexibility index (Phi) is 1.61. The molecule has 12 heavy (non-hydrogen) atoms. The molecule has 0 aliphatic heterocycles. The molecule has 62 valence electrons. The minimum Gasteiger partial charge on any atom is -0.508 e. The van der Waals surface area contributed by atoms with E-state index in [0.717, 1.165) is 11.1 Å². The Balaban J connectivity index is 2.48. The third-order valence-corrected chi connectivity index (χ3v) is 2.29. The van der Waals surface area contributed by atoms with Crippen LogP contribution in [0.25, 0.3) is 0 Å². The summed E-state index contributed by atoms with van der Waals surface area (Å²) in [5.74, 6) is 0.605. The maximum atomic E-state index is 11.1. The number of hydrogen-bond acceptors (Lipinski definition) is 2. The van der Waals surface area contributed by atoms with E-state index in [0.29, 0.717) is 25.0 Å². The molecular formula is C10H10O2. The van der Waals surface area contributed by atoms with E-state index in [9.17, 15) is 9.90 Å². The summed E-state index contributed by atoms with van der Waals surface area (Å²) in [5.41, 5.74) is 1.95. The zero-order chi connectivity index (χ0) is 8.55. The number of benzene rings is 1. The van der Waals surface area contributed by atoms with Crippen LogP contribution in [0.2, 0.25) is 0 Å². The Bertz CT molecular complexity index is 329. The van der Waals surface area contributed by atoms with Crippen LogP contribution >= 0.6 is 0 Å². The van der Waals surface area contributed by atoms with E-state index in [1.165, 1.54) is 0 Å². The molecule has 2 rings (SSSR count). The van der Waals surface area contributed by atoms with E-state index in [-0.39, 0.29) is 5.78 Å². The summed E-state index contributed by atoms with van der Waals surface area (Å²) in [4.78, 5) is 11.1. The second kappa shape index (κ2) is 2.63. The first-order valence-corrected chi connectivity index (χ1v) is 4.09. The number of phenols is 1. The summed E-state index contributed by atoms with van der Waals surface area (Å²) in [7, 11) is 0. The van der Waals surface area contributed by atoms with Gasteiger partial charge in [-0.3, -0.25) is 4.79 Å². The third-order valence-electron chi connectivity index (χ3n) is 2.29. The highest BCUT2D eigenvalue weighted by atomic mass is 16.3. The lowest BCUT2D eigenvalue weighted by atomic mass is 9.90. The minimum absolute atomic E-state index is 0.271. The molecule has 0 fully saturated rings. The number of phenolic OH excluding ortho intramolecular Hbond substituents is 1. The lowest BCUT2D eigenvalue weighted by molar-refractivity contribution is -0.118. The van der Waals surface area contributed by atoms with Crippen LogP contribution in [-0.2, 0) is 17.6 Å². The van der Waals surface area contributed by atoms with Crippen molar-refractivity contribution in [3.8, 4) is 5.75 Å². The van der Waals surface area contributed by atoms with Gasteiger partial charge >= 0.3 is 0 Å². The Morgan fingerprint density at radius 2 is 2.08 bits per heavy atom. The molecule has 0 unspecified atom stereocenters. The number of fused-ring (bicyclic) bond motifs is 1. The number of carbonyl (C=O) groups excluding carboxylic acids is 1. The van der Waals surface area contributed by atoms with Gasteiger partial charge in [0.1, 0.15) is 11.5 Å². The van der Waals surface area contributed by atoms with Crippen LogP contribution in [0.5, 0.6) is 5.75 Å². The molecule has 1 aromatic rings. The first-order valence-electron chi connectivity index (χ1n) is 4.09. The second-order valence-electron chi connectivity index (χ2n) is 3.13. The van der Waals surface area contributed by atoms with Gasteiger partial charge < -0.3 is 5.11 Å². The van der Waals surface area contributed by atoms with E-state index in [1.807, 2.05) is 6.07 Å². The summed E-state index contributed by atoms with van der Waals surface area (Å²) in [5, 5.41) is 9.43. The molecule has 0 heterocycles.